The molecule has 3 rings (SSSR count). The Hall–Kier alpha value is -3.62. The summed E-state index contributed by atoms with van der Waals surface area (Å²) in [6, 6.07) is 11.8. The minimum absolute atomic E-state index is 0.0184. The van der Waals surface area contributed by atoms with Crippen LogP contribution in [-0.4, -0.2) is 43.1 Å². The Bertz CT molecular complexity index is 942. The highest BCUT2D eigenvalue weighted by Crippen LogP contribution is 2.31. The molecule has 1 aliphatic carbocycles. The van der Waals surface area contributed by atoms with Crippen molar-refractivity contribution in [1.29, 1.82) is 0 Å². The molecule has 0 radical (unpaired) electrons. The van der Waals surface area contributed by atoms with Crippen LogP contribution in [0.25, 0.3) is 0 Å². The number of nitro benzene ring substituents is 1. The fraction of sp³-hybridized carbons (Fsp3) is 0.333. The number of rotatable bonds is 10. The van der Waals surface area contributed by atoms with Crippen molar-refractivity contribution in [3.8, 4) is 5.75 Å². The summed E-state index contributed by atoms with van der Waals surface area (Å²) < 4.78 is 10.2. The van der Waals surface area contributed by atoms with Crippen LogP contribution < -0.4 is 15.4 Å². The van der Waals surface area contributed by atoms with Crippen molar-refractivity contribution in [3.63, 3.8) is 0 Å². The van der Waals surface area contributed by atoms with E-state index in [0.717, 1.165) is 30.2 Å². The van der Waals surface area contributed by atoms with E-state index in [0.29, 0.717) is 18.7 Å². The van der Waals surface area contributed by atoms with E-state index in [1.54, 1.807) is 7.11 Å². The molecule has 158 valence electrons. The summed E-state index contributed by atoms with van der Waals surface area (Å²) in [7, 11) is 1.58. The summed E-state index contributed by atoms with van der Waals surface area (Å²) in [5, 5.41) is 17.0. The third-order valence-corrected chi connectivity index (χ3v) is 4.61. The maximum absolute atomic E-state index is 12.2. The monoisotopic (exact) mass is 413 g/mol. The predicted octanol–water partition coefficient (Wildman–Crippen LogP) is 2.69. The Morgan fingerprint density at radius 1 is 1.20 bits per heavy atom. The molecule has 0 bridgehead atoms. The molecule has 0 spiro atoms. The van der Waals surface area contributed by atoms with Gasteiger partial charge in [0.15, 0.2) is 6.61 Å². The first kappa shape index (κ1) is 21.1. The lowest BCUT2D eigenvalue weighted by molar-refractivity contribution is -0.384. The smallest absolute Gasteiger partial charge is 0.338 e. The number of carbonyl (C=O) groups excluding carboxylic acids is 2. The first-order valence-corrected chi connectivity index (χ1v) is 9.58. The molecule has 0 aromatic heterocycles. The van der Waals surface area contributed by atoms with Crippen LogP contribution in [0.5, 0.6) is 5.75 Å². The van der Waals surface area contributed by atoms with Crippen molar-refractivity contribution in [2.75, 3.05) is 25.6 Å². The number of para-hydroxylation sites is 1. The molecule has 2 aromatic carbocycles. The van der Waals surface area contributed by atoms with Gasteiger partial charge in [-0.15, -0.1) is 0 Å². The van der Waals surface area contributed by atoms with E-state index in [1.807, 2.05) is 24.3 Å². The standard InChI is InChI=1S/C21H23N3O6/c1-29-19-5-3-2-4-14(19)10-11-22-20(25)13-30-21(26)15-6-9-17(23-16-7-8-16)18(12-15)24(27)28/h2-6,9,12,16,23H,7-8,10-11,13H2,1H3,(H,22,25). The molecule has 1 saturated carbocycles. The second kappa shape index (κ2) is 9.73. The fourth-order valence-electron chi connectivity index (χ4n) is 2.89. The molecule has 0 heterocycles. The number of esters is 1. The Morgan fingerprint density at radius 2 is 1.97 bits per heavy atom. The first-order chi connectivity index (χ1) is 14.5. The minimum atomic E-state index is -0.795. The van der Waals surface area contributed by atoms with Crippen LogP contribution in [0.1, 0.15) is 28.8 Å². The van der Waals surface area contributed by atoms with Gasteiger partial charge in [0.1, 0.15) is 11.4 Å². The van der Waals surface area contributed by atoms with Crippen LogP contribution in [-0.2, 0) is 16.0 Å². The molecule has 30 heavy (non-hydrogen) atoms. The normalized spacial score (nSPS) is 12.7. The van der Waals surface area contributed by atoms with Crippen molar-refractivity contribution >= 4 is 23.3 Å². The maximum atomic E-state index is 12.2. The van der Waals surface area contributed by atoms with Gasteiger partial charge in [-0.25, -0.2) is 4.79 Å². The summed E-state index contributed by atoms with van der Waals surface area (Å²) in [6.45, 7) is -0.121. The number of nitrogens with one attached hydrogen (secondary N) is 2. The van der Waals surface area contributed by atoms with Crippen LogP contribution in [0.15, 0.2) is 42.5 Å². The average molecular weight is 413 g/mol. The zero-order valence-electron chi connectivity index (χ0n) is 16.6. The van der Waals surface area contributed by atoms with Gasteiger partial charge in [-0.1, -0.05) is 18.2 Å². The lowest BCUT2D eigenvalue weighted by Crippen LogP contribution is -2.30. The number of hydrogen-bond acceptors (Lipinski definition) is 7. The number of ether oxygens (including phenoxy) is 2. The Morgan fingerprint density at radius 3 is 2.67 bits per heavy atom. The minimum Gasteiger partial charge on any atom is -0.496 e. The number of anilines is 1. The lowest BCUT2D eigenvalue weighted by atomic mass is 10.1. The number of methoxy groups -OCH3 is 1. The summed E-state index contributed by atoms with van der Waals surface area (Å²) in [4.78, 5) is 34.9. The number of nitrogens with zero attached hydrogens (tertiary/aromatic N) is 1. The Labute approximate surface area is 173 Å². The van der Waals surface area contributed by atoms with E-state index >= 15 is 0 Å². The van der Waals surface area contributed by atoms with Crippen LogP contribution in [0.4, 0.5) is 11.4 Å². The van der Waals surface area contributed by atoms with E-state index in [9.17, 15) is 19.7 Å². The lowest BCUT2D eigenvalue weighted by Gasteiger charge is -2.10. The molecule has 0 atom stereocenters. The second-order valence-electron chi connectivity index (χ2n) is 6.90. The highest BCUT2D eigenvalue weighted by molar-refractivity contribution is 5.93. The molecular weight excluding hydrogens is 390 g/mol. The molecule has 1 amide bonds. The molecule has 1 fully saturated rings. The van der Waals surface area contributed by atoms with Crippen LogP contribution >= 0.6 is 0 Å². The zero-order chi connectivity index (χ0) is 21.5. The van der Waals surface area contributed by atoms with Gasteiger partial charge in [-0.2, -0.15) is 0 Å². The number of carbonyl (C=O) groups is 2. The number of nitro groups is 1. The molecule has 2 aromatic rings. The molecular formula is C21H23N3O6. The van der Waals surface area contributed by atoms with Crippen molar-refractivity contribution < 1.29 is 24.0 Å². The van der Waals surface area contributed by atoms with Gasteiger partial charge in [-0.3, -0.25) is 14.9 Å². The quantitative estimate of drug-likeness (QED) is 0.349. The molecule has 2 N–H and O–H groups in total. The largest absolute Gasteiger partial charge is 0.496 e. The van der Waals surface area contributed by atoms with Crippen molar-refractivity contribution in [2.24, 2.45) is 0 Å². The highest BCUT2D eigenvalue weighted by atomic mass is 16.6. The van der Waals surface area contributed by atoms with Gasteiger partial charge in [0.25, 0.3) is 11.6 Å². The van der Waals surface area contributed by atoms with Gasteiger partial charge >= 0.3 is 5.97 Å². The zero-order valence-corrected chi connectivity index (χ0v) is 16.6. The average Bonchev–Trinajstić information content (AvgIpc) is 3.56. The van der Waals surface area contributed by atoms with E-state index in [-0.39, 0.29) is 17.3 Å². The summed E-state index contributed by atoms with van der Waals surface area (Å²) in [5.41, 5.74) is 1.14. The summed E-state index contributed by atoms with van der Waals surface area (Å²) >= 11 is 0. The second-order valence-corrected chi connectivity index (χ2v) is 6.90. The molecule has 0 saturated heterocycles. The number of amides is 1. The van der Waals surface area contributed by atoms with Crippen LogP contribution in [0, 0.1) is 10.1 Å². The van der Waals surface area contributed by atoms with Gasteiger partial charge in [0.2, 0.25) is 0 Å². The molecule has 9 nitrogen and oxygen atoms in total. The van der Waals surface area contributed by atoms with Gasteiger partial charge in [0, 0.05) is 18.7 Å². The molecule has 0 unspecified atom stereocenters. The fourth-order valence-corrected chi connectivity index (χ4v) is 2.89. The SMILES string of the molecule is COc1ccccc1CCNC(=O)COC(=O)c1ccc(NC2CC2)c([N+](=O)[O-])c1. The van der Waals surface area contributed by atoms with E-state index in [2.05, 4.69) is 10.6 Å². The predicted molar refractivity (Wildman–Crippen MR) is 110 cm³/mol. The van der Waals surface area contributed by atoms with Crippen LogP contribution in [0.2, 0.25) is 0 Å². The first-order valence-electron chi connectivity index (χ1n) is 9.58. The highest BCUT2D eigenvalue weighted by Gasteiger charge is 2.26. The maximum Gasteiger partial charge on any atom is 0.338 e. The van der Waals surface area contributed by atoms with Gasteiger partial charge in [0.05, 0.1) is 17.6 Å². The number of hydrogen-bond donors (Lipinski definition) is 2. The number of benzene rings is 2. The van der Waals surface area contributed by atoms with Gasteiger partial charge < -0.3 is 20.1 Å². The van der Waals surface area contributed by atoms with E-state index in [4.69, 9.17) is 9.47 Å². The third kappa shape index (κ3) is 5.69. The van der Waals surface area contributed by atoms with Crippen molar-refractivity contribution in [3.05, 3.63) is 63.7 Å². The molecule has 0 aliphatic heterocycles. The topological polar surface area (TPSA) is 120 Å². The summed E-state index contributed by atoms with van der Waals surface area (Å²) in [5.74, 6) is -0.518. The summed E-state index contributed by atoms with van der Waals surface area (Å²) in [6.07, 6.45) is 2.49. The Kier molecular flexibility index (Phi) is 6.84. The third-order valence-electron chi connectivity index (χ3n) is 4.61. The van der Waals surface area contributed by atoms with E-state index < -0.39 is 23.4 Å². The van der Waals surface area contributed by atoms with Crippen molar-refractivity contribution in [2.45, 2.75) is 25.3 Å². The van der Waals surface area contributed by atoms with E-state index in [1.165, 1.54) is 12.1 Å². The van der Waals surface area contributed by atoms with Crippen LogP contribution in [0.3, 0.4) is 0 Å². The van der Waals surface area contributed by atoms with Crippen molar-refractivity contribution in [1.82, 2.24) is 5.32 Å². The Balaban J connectivity index is 1.49. The van der Waals surface area contributed by atoms with Gasteiger partial charge in [-0.05, 0) is 43.0 Å². The molecule has 1 aliphatic rings. The molecule has 9 heteroatoms.